The van der Waals surface area contributed by atoms with Crippen molar-refractivity contribution in [3.8, 4) is 11.4 Å². The molecule has 1 aliphatic carbocycles. The number of nitrogens with one attached hydrogen (secondary N) is 1. The van der Waals surface area contributed by atoms with Crippen LogP contribution < -0.4 is 5.32 Å². The first kappa shape index (κ1) is 23.8. The molecule has 0 radical (unpaired) electrons. The molecule has 0 saturated carbocycles. The van der Waals surface area contributed by atoms with E-state index in [1.807, 2.05) is 0 Å². The summed E-state index contributed by atoms with van der Waals surface area (Å²) in [4.78, 5) is 13.0. The van der Waals surface area contributed by atoms with Gasteiger partial charge in [-0.15, -0.1) is 0 Å². The van der Waals surface area contributed by atoms with Gasteiger partial charge in [0.05, 0.1) is 16.3 Å². The molecule has 0 aliphatic heterocycles. The van der Waals surface area contributed by atoms with Crippen LogP contribution in [-0.4, -0.2) is 46.6 Å². The predicted octanol–water partition coefficient (Wildman–Crippen LogP) is 3.63. The Hall–Kier alpha value is -3.31. The number of aromatic hydroxyl groups is 1. The summed E-state index contributed by atoms with van der Waals surface area (Å²) in [6, 6.07) is 7.06. The molecule has 1 heterocycles. The fourth-order valence-electron chi connectivity index (χ4n) is 4.12. The minimum absolute atomic E-state index is 0.0677. The number of nitrogens with zero attached hydrogens (tertiary/aromatic N) is 3. The number of amides is 1. The molecule has 2 aromatic carbocycles. The molecule has 11 heteroatoms. The van der Waals surface area contributed by atoms with E-state index in [1.54, 1.807) is 13.8 Å². The van der Waals surface area contributed by atoms with Crippen molar-refractivity contribution in [2.24, 2.45) is 0 Å². The van der Waals surface area contributed by atoms with E-state index in [0.29, 0.717) is 18.4 Å². The molecule has 1 amide bonds. The number of rotatable bonds is 7. The number of carbonyl (C=O) groups is 1. The van der Waals surface area contributed by atoms with E-state index >= 15 is 0 Å². The number of anilines is 1. The number of carbonyl (C=O) groups excluding carboxylic acids is 1. The van der Waals surface area contributed by atoms with Crippen LogP contribution in [-0.2, 0) is 22.9 Å². The molecule has 0 unspecified atom stereocenters. The maximum absolute atomic E-state index is 13.8. The molecule has 0 bridgehead atoms. The Morgan fingerprint density at radius 3 is 2.53 bits per heavy atom. The number of aromatic nitrogens is 2. The lowest BCUT2D eigenvalue weighted by molar-refractivity contribution is 0.102. The van der Waals surface area contributed by atoms with Crippen molar-refractivity contribution in [1.29, 1.82) is 0 Å². The van der Waals surface area contributed by atoms with Crippen LogP contribution in [0, 0.1) is 11.6 Å². The Balaban J connectivity index is 1.69. The first-order chi connectivity index (χ1) is 16.2. The molecule has 0 spiro atoms. The Bertz CT molecular complexity index is 1370. The monoisotopic (exact) mass is 490 g/mol. The first-order valence-corrected chi connectivity index (χ1v) is 12.3. The molecule has 180 valence electrons. The molecule has 4 rings (SSSR count). The third-order valence-corrected chi connectivity index (χ3v) is 7.90. The highest BCUT2D eigenvalue weighted by molar-refractivity contribution is 7.89. The summed E-state index contributed by atoms with van der Waals surface area (Å²) in [5.74, 6) is -2.96. The lowest BCUT2D eigenvalue weighted by Gasteiger charge is -2.19. The molecule has 1 aliphatic rings. The second-order valence-electron chi connectivity index (χ2n) is 7.86. The van der Waals surface area contributed by atoms with Gasteiger partial charge in [0.15, 0.2) is 17.3 Å². The Labute approximate surface area is 195 Å². The molecule has 8 nitrogen and oxygen atoms in total. The van der Waals surface area contributed by atoms with Crippen LogP contribution >= 0.6 is 0 Å². The summed E-state index contributed by atoms with van der Waals surface area (Å²) in [7, 11) is -3.80. The van der Waals surface area contributed by atoms with Gasteiger partial charge in [0.2, 0.25) is 10.0 Å². The molecule has 0 fully saturated rings. The van der Waals surface area contributed by atoms with Gasteiger partial charge in [-0.2, -0.15) is 9.40 Å². The number of benzene rings is 2. The summed E-state index contributed by atoms with van der Waals surface area (Å²) < 4.78 is 55.5. The van der Waals surface area contributed by atoms with E-state index in [0.717, 1.165) is 24.2 Å². The maximum atomic E-state index is 13.8. The summed E-state index contributed by atoms with van der Waals surface area (Å²) in [6.45, 7) is 3.98. The van der Waals surface area contributed by atoms with E-state index in [4.69, 9.17) is 0 Å². The summed E-state index contributed by atoms with van der Waals surface area (Å²) in [5.41, 5.74) is 1.68. The van der Waals surface area contributed by atoms with Gasteiger partial charge in [0, 0.05) is 30.4 Å². The van der Waals surface area contributed by atoms with Crippen LogP contribution in [0.15, 0.2) is 41.3 Å². The van der Waals surface area contributed by atoms with Crippen LogP contribution in [0.5, 0.6) is 5.75 Å². The highest BCUT2D eigenvalue weighted by atomic mass is 32.2. The van der Waals surface area contributed by atoms with Crippen molar-refractivity contribution in [3.63, 3.8) is 0 Å². The van der Waals surface area contributed by atoms with Gasteiger partial charge >= 0.3 is 0 Å². The zero-order chi connectivity index (χ0) is 24.6. The molecule has 3 aromatic rings. The van der Waals surface area contributed by atoms with Crippen LogP contribution in [0.2, 0.25) is 0 Å². The predicted molar refractivity (Wildman–Crippen MR) is 122 cm³/mol. The van der Waals surface area contributed by atoms with Gasteiger partial charge in [-0.25, -0.2) is 21.9 Å². The maximum Gasteiger partial charge on any atom is 0.276 e. The Morgan fingerprint density at radius 2 is 1.85 bits per heavy atom. The normalized spacial score (nSPS) is 13.3. The summed E-state index contributed by atoms with van der Waals surface area (Å²) in [6.07, 6.45) is 1.95. The quantitative estimate of drug-likeness (QED) is 0.492. The van der Waals surface area contributed by atoms with Crippen molar-refractivity contribution in [2.45, 2.75) is 38.0 Å². The van der Waals surface area contributed by atoms with Crippen LogP contribution in [0.4, 0.5) is 14.5 Å². The van der Waals surface area contributed by atoms with Gasteiger partial charge < -0.3 is 10.4 Å². The Morgan fingerprint density at radius 1 is 1.12 bits per heavy atom. The highest BCUT2D eigenvalue weighted by Crippen LogP contribution is 2.31. The average molecular weight is 491 g/mol. The van der Waals surface area contributed by atoms with E-state index in [-0.39, 0.29) is 40.8 Å². The smallest absolute Gasteiger partial charge is 0.276 e. The second-order valence-corrected chi connectivity index (χ2v) is 9.80. The summed E-state index contributed by atoms with van der Waals surface area (Å²) >= 11 is 0. The number of hydrogen-bond acceptors (Lipinski definition) is 5. The van der Waals surface area contributed by atoms with Crippen molar-refractivity contribution in [3.05, 3.63) is 65.0 Å². The number of hydrogen-bond donors (Lipinski definition) is 2. The average Bonchev–Trinajstić information content (AvgIpc) is 3.40. The number of phenolic OH excluding ortho intramolecular Hbond substituents is 1. The van der Waals surface area contributed by atoms with Crippen LogP contribution in [0.25, 0.3) is 5.69 Å². The van der Waals surface area contributed by atoms with E-state index in [9.17, 15) is 27.1 Å². The molecule has 0 saturated heterocycles. The lowest BCUT2D eigenvalue weighted by atomic mass is 10.2. The third-order valence-electron chi connectivity index (χ3n) is 5.85. The number of halogens is 2. The van der Waals surface area contributed by atoms with Crippen molar-refractivity contribution < 1.29 is 27.1 Å². The van der Waals surface area contributed by atoms with Crippen molar-refractivity contribution in [1.82, 2.24) is 14.1 Å². The zero-order valence-corrected chi connectivity index (χ0v) is 19.5. The molecule has 0 atom stereocenters. The molecular weight excluding hydrogens is 466 g/mol. The van der Waals surface area contributed by atoms with Gasteiger partial charge in [-0.05, 0) is 49.6 Å². The minimum Gasteiger partial charge on any atom is -0.506 e. The fourth-order valence-corrected chi connectivity index (χ4v) is 5.60. The second kappa shape index (κ2) is 9.15. The number of fused-ring (bicyclic) bond motifs is 1. The molecule has 34 heavy (non-hydrogen) atoms. The standard InChI is InChI=1S/C23H24F2N4O4S/c1-3-28(4-2)34(32,33)15-9-11-21(30)19(13-15)26-23(31)22-16-6-5-7-20(16)29(27-22)14-8-10-17(24)18(25)12-14/h8-13,30H,3-7H2,1-2H3,(H,26,31). The van der Waals surface area contributed by atoms with Crippen molar-refractivity contribution >= 4 is 21.6 Å². The van der Waals surface area contributed by atoms with Gasteiger partial charge in [-0.3, -0.25) is 4.79 Å². The van der Waals surface area contributed by atoms with E-state index in [2.05, 4.69) is 10.4 Å². The van der Waals surface area contributed by atoms with E-state index < -0.39 is 27.6 Å². The first-order valence-electron chi connectivity index (χ1n) is 10.9. The molecular formula is C23H24F2N4O4S. The fraction of sp³-hybridized carbons (Fsp3) is 0.304. The largest absolute Gasteiger partial charge is 0.506 e. The molecule has 2 N–H and O–H groups in total. The topological polar surface area (TPSA) is 105 Å². The van der Waals surface area contributed by atoms with E-state index in [1.165, 1.54) is 33.3 Å². The Kier molecular flexibility index (Phi) is 6.41. The van der Waals surface area contributed by atoms with Gasteiger partial charge in [-0.1, -0.05) is 13.8 Å². The highest BCUT2D eigenvalue weighted by Gasteiger charge is 2.28. The zero-order valence-electron chi connectivity index (χ0n) is 18.7. The summed E-state index contributed by atoms with van der Waals surface area (Å²) in [5, 5.41) is 17.1. The SMILES string of the molecule is CCN(CC)S(=O)(=O)c1ccc(O)c(NC(=O)c2nn(-c3ccc(F)c(F)c3)c3c2CCC3)c1. The third kappa shape index (κ3) is 4.16. The van der Waals surface area contributed by atoms with Crippen molar-refractivity contribution in [2.75, 3.05) is 18.4 Å². The van der Waals surface area contributed by atoms with Gasteiger partial charge in [0.25, 0.3) is 5.91 Å². The van der Waals surface area contributed by atoms with Crippen LogP contribution in [0.3, 0.4) is 0 Å². The lowest BCUT2D eigenvalue weighted by Crippen LogP contribution is -2.30. The van der Waals surface area contributed by atoms with Crippen LogP contribution in [0.1, 0.15) is 42.0 Å². The van der Waals surface area contributed by atoms with Gasteiger partial charge in [0.1, 0.15) is 5.75 Å². The number of sulfonamides is 1. The minimum atomic E-state index is -3.80. The number of phenols is 1. The molecule has 1 aromatic heterocycles.